The van der Waals surface area contributed by atoms with Crippen LogP contribution in [0.1, 0.15) is 81.5 Å². The van der Waals surface area contributed by atoms with E-state index in [1.807, 2.05) is 0 Å². The third-order valence-corrected chi connectivity index (χ3v) is 6.66. The van der Waals surface area contributed by atoms with Gasteiger partial charge >= 0.3 is 0 Å². The predicted molar refractivity (Wildman–Crippen MR) is 149 cm³/mol. The third kappa shape index (κ3) is 7.60. The van der Waals surface area contributed by atoms with Gasteiger partial charge in [0, 0.05) is 42.4 Å². The number of likely N-dealkylation sites (tertiary alicyclic amines) is 1. The zero-order valence-electron chi connectivity index (χ0n) is 22.0. The topological polar surface area (TPSA) is 82.4 Å². The summed E-state index contributed by atoms with van der Waals surface area (Å²) in [6, 6.07) is 4.93. The minimum atomic E-state index is -0.216. The van der Waals surface area contributed by atoms with E-state index in [2.05, 4.69) is 30.1 Å². The molecule has 2 aliphatic rings. The molecule has 0 unspecified atom stereocenters. The normalized spacial score (nSPS) is 18.3. The number of ether oxygens (including phenoxy) is 1. The standard InChI is InChI=1S/C29H41BN2O4/c1-2-3-14-25(23-12-6-7-18-31-24(23)13-10-20-33)32-19-8-4-5-11-22(32)17-21-36-27-16-9-15-26(34)28(27)29(30)35/h9,12,14-17,33-34H,2-8,10-11,13,18-21,30H2,1H3/b22-17+,25-14-. The van der Waals surface area contributed by atoms with E-state index in [9.17, 15) is 15.0 Å². The maximum Gasteiger partial charge on any atom is 0.194 e. The number of carbonyl (C=O) groups is 1. The first kappa shape index (κ1) is 27.8. The molecule has 1 saturated heterocycles. The van der Waals surface area contributed by atoms with Crippen molar-refractivity contribution in [2.24, 2.45) is 4.99 Å². The molecule has 0 aliphatic carbocycles. The number of hydrogen-bond acceptors (Lipinski definition) is 6. The van der Waals surface area contributed by atoms with Crippen LogP contribution in [0.2, 0.25) is 0 Å². The number of aliphatic imine (C=N–C) groups is 1. The molecule has 194 valence electrons. The van der Waals surface area contributed by atoms with E-state index in [0.717, 1.165) is 76.6 Å². The predicted octanol–water partition coefficient (Wildman–Crippen LogP) is 4.92. The Kier molecular flexibility index (Phi) is 11.3. The third-order valence-electron chi connectivity index (χ3n) is 6.66. The molecule has 0 spiro atoms. The first-order valence-electron chi connectivity index (χ1n) is 13.5. The molecular weight excluding hydrogens is 451 g/mol. The average molecular weight is 492 g/mol. The van der Waals surface area contributed by atoms with Crippen molar-refractivity contribution in [3.05, 3.63) is 59.0 Å². The molecule has 0 amide bonds. The van der Waals surface area contributed by atoms with Crippen molar-refractivity contribution < 1.29 is 19.7 Å². The number of nitrogens with zero attached hydrogens (tertiary/aromatic N) is 2. The van der Waals surface area contributed by atoms with Gasteiger partial charge in [0.2, 0.25) is 0 Å². The number of aliphatic hydroxyl groups excluding tert-OH is 1. The maximum absolute atomic E-state index is 12.0. The summed E-state index contributed by atoms with van der Waals surface area (Å²) >= 11 is 0. The molecular formula is C29H41BN2O4. The number of rotatable bonds is 11. The van der Waals surface area contributed by atoms with Crippen LogP contribution in [0.4, 0.5) is 0 Å². The Labute approximate surface area is 216 Å². The zero-order chi connectivity index (χ0) is 25.8. The number of benzene rings is 1. The summed E-state index contributed by atoms with van der Waals surface area (Å²) in [5, 5.41) is 19.6. The molecule has 36 heavy (non-hydrogen) atoms. The number of phenols is 1. The first-order chi connectivity index (χ1) is 17.6. The lowest BCUT2D eigenvalue weighted by atomic mass is 9.93. The summed E-state index contributed by atoms with van der Waals surface area (Å²) in [4.78, 5) is 19.4. The molecule has 0 aromatic heterocycles. The highest BCUT2D eigenvalue weighted by molar-refractivity contribution is 6.63. The molecule has 3 rings (SSSR count). The van der Waals surface area contributed by atoms with Gasteiger partial charge in [-0.3, -0.25) is 4.99 Å². The number of unbranched alkanes of at least 4 members (excludes halogenated alkanes) is 1. The highest BCUT2D eigenvalue weighted by atomic mass is 16.5. The molecule has 0 bridgehead atoms. The van der Waals surface area contributed by atoms with Crippen LogP contribution < -0.4 is 4.74 Å². The molecule has 7 heteroatoms. The van der Waals surface area contributed by atoms with Crippen molar-refractivity contribution in [1.29, 1.82) is 0 Å². The monoisotopic (exact) mass is 492 g/mol. The van der Waals surface area contributed by atoms with Gasteiger partial charge in [0.1, 0.15) is 23.8 Å². The van der Waals surface area contributed by atoms with Gasteiger partial charge in [-0.25, -0.2) is 0 Å². The molecule has 2 N–H and O–H groups in total. The summed E-state index contributed by atoms with van der Waals surface area (Å²) in [5.74, 6) is 0.356. The molecule has 0 radical (unpaired) electrons. The summed E-state index contributed by atoms with van der Waals surface area (Å²) in [7, 11) is 1.44. The van der Waals surface area contributed by atoms with E-state index >= 15 is 0 Å². The average Bonchev–Trinajstić information content (AvgIpc) is 3.24. The van der Waals surface area contributed by atoms with E-state index in [0.29, 0.717) is 12.4 Å². The SMILES string of the molecule is BC(=O)c1c(O)cccc1OC/C=C1\CCCCCN1/C(=C\CCC)C1=CCCCN=C1CCCO. The lowest BCUT2D eigenvalue weighted by molar-refractivity contribution is 0.107. The Morgan fingerprint density at radius 1 is 1.25 bits per heavy atom. The van der Waals surface area contributed by atoms with Crippen LogP contribution >= 0.6 is 0 Å². The van der Waals surface area contributed by atoms with Crippen molar-refractivity contribution in [1.82, 2.24) is 4.90 Å². The molecule has 0 saturated carbocycles. The lowest BCUT2D eigenvalue weighted by Crippen LogP contribution is -2.26. The second-order valence-corrected chi connectivity index (χ2v) is 9.47. The first-order valence-corrected chi connectivity index (χ1v) is 13.5. The molecule has 1 aromatic carbocycles. The van der Waals surface area contributed by atoms with Gasteiger partial charge < -0.3 is 24.6 Å². The van der Waals surface area contributed by atoms with Crippen molar-refractivity contribution >= 4 is 19.2 Å². The van der Waals surface area contributed by atoms with Gasteiger partial charge in [0.05, 0.1) is 5.56 Å². The Morgan fingerprint density at radius 3 is 2.89 bits per heavy atom. The quantitative estimate of drug-likeness (QED) is 0.429. The van der Waals surface area contributed by atoms with Gasteiger partial charge in [-0.2, -0.15) is 0 Å². The molecule has 2 heterocycles. The molecule has 2 aliphatic heterocycles. The van der Waals surface area contributed by atoms with E-state index in [1.165, 1.54) is 37.3 Å². The van der Waals surface area contributed by atoms with Crippen molar-refractivity contribution in [2.45, 2.75) is 71.1 Å². The number of hydrogen-bond donors (Lipinski definition) is 2. The van der Waals surface area contributed by atoms with Crippen molar-refractivity contribution in [3.63, 3.8) is 0 Å². The van der Waals surface area contributed by atoms with E-state index in [-0.39, 0.29) is 23.6 Å². The highest BCUT2D eigenvalue weighted by Crippen LogP contribution is 2.32. The fraction of sp³-hybridized carbons (Fsp3) is 0.517. The number of aliphatic hydroxyl groups is 1. The molecule has 1 fully saturated rings. The Hall–Kier alpha value is -2.80. The summed E-state index contributed by atoms with van der Waals surface area (Å²) in [6.07, 6.45) is 16.8. The van der Waals surface area contributed by atoms with Crippen LogP contribution in [-0.2, 0) is 0 Å². The van der Waals surface area contributed by atoms with Crippen LogP contribution in [0.25, 0.3) is 0 Å². The van der Waals surface area contributed by atoms with E-state index in [1.54, 1.807) is 12.1 Å². The second kappa shape index (κ2) is 14.7. The highest BCUT2D eigenvalue weighted by Gasteiger charge is 2.23. The van der Waals surface area contributed by atoms with Gasteiger partial charge in [-0.1, -0.05) is 38.0 Å². The van der Waals surface area contributed by atoms with Crippen LogP contribution in [0.3, 0.4) is 0 Å². The van der Waals surface area contributed by atoms with E-state index in [4.69, 9.17) is 9.73 Å². The number of allylic oxidation sites excluding steroid dienone is 4. The van der Waals surface area contributed by atoms with Crippen LogP contribution in [0.5, 0.6) is 11.5 Å². The lowest BCUT2D eigenvalue weighted by Gasteiger charge is -2.31. The minimum Gasteiger partial charge on any atom is -0.507 e. The van der Waals surface area contributed by atoms with Crippen molar-refractivity contribution in [2.75, 3.05) is 26.3 Å². The van der Waals surface area contributed by atoms with E-state index < -0.39 is 0 Å². The second-order valence-electron chi connectivity index (χ2n) is 9.47. The molecule has 0 atom stereocenters. The Bertz CT molecular complexity index is 1010. The molecule has 6 nitrogen and oxygen atoms in total. The summed E-state index contributed by atoms with van der Waals surface area (Å²) in [6.45, 7) is 4.47. The number of aromatic hydroxyl groups is 1. The van der Waals surface area contributed by atoms with Crippen LogP contribution in [0, 0.1) is 0 Å². The van der Waals surface area contributed by atoms with Crippen LogP contribution in [-0.4, -0.2) is 60.7 Å². The zero-order valence-corrected chi connectivity index (χ0v) is 22.0. The van der Waals surface area contributed by atoms with Crippen LogP contribution in [0.15, 0.2) is 58.4 Å². The smallest absolute Gasteiger partial charge is 0.194 e. The van der Waals surface area contributed by atoms with Gasteiger partial charge in [0.15, 0.2) is 7.85 Å². The molecule has 1 aromatic rings. The minimum absolute atomic E-state index is 0.0523. The fourth-order valence-electron chi connectivity index (χ4n) is 4.85. The largest absolute Gasteiger partial charge is 0.507 e. The van der Waals surface area contributed by atoms with Gasteiger partial charge in [-0.05, 0) is 69.6 Å². The van der Waals surface area contributed by atoms with Gasteiger partial charge in [-0.15, -0.1) is 0 Å². The Morgan fingerprint density at radius 2 is 2.11 bits per heavy atom. The summed E-state index contributed by atoms with van der Waals surface area (Å²) in [5.41, 5.74) is 4.79. The Balaban J connectivity index is 1.91. The maximum atomic E-state index is 12.0. The number of carbonyl (C=O) groups excluding carboxylic acids is 1. The van der Waals surface area contributed by atoms with Crippen molar-refractivity contribution in [3.8, 4) is 11.5 Å². The summed E-state index contributed by atoms with van der Waals surface area (Å²) < 4.78 is 6.00. The van der Waals surface area contributed by atoms with Gasteiger partial charge in [0.25, 0.3) is 0 Å². The fourth-order valence-corrected chi connectivity index (χ4v) is 4.85. The number of phenolic OH excluding ortho intramolecular Hbond substituents is 1.